The van der Waals surface area contributed by atoms with Gasteiger partial charge in [0.15, 0.2) is 17.5 Å². The van der Waals surface area contributed by atoms with E-state index in [1.165, 1.54) is 0 Å². The molecule has 1 aromatic carbocycles. The Bertz CT molecular complexity index is 646. The third-order valence-electron chi connectivity index (χ3n) is 3.77. The largest absolute Gasteiger partial charge is 0.377 e. The minimum absolute atomic E-state index is 0.0780. The summed E-state index contributed by atoms with van der Waals surface area (Å²) in [5.74, 6) is -4.88. The van der Waals surface area contributed by atoms with Gasteiger partial charge >= 0.3 is 0 Å². The SMILES string of the molecule is CCCN(CC1CCCCO1)S(=O)(=O)c1ccc(F)c(F)c1F. The van der Waals surface area contributed by atoms with Crippen molar-refractivity contribution >= 4 is 10.0 Å². The molecule has 0 bridgehead atoms. The van der Waals surface area contributed by atoms with Gasteiger partial charge in [0.25, 0.3) is 0 Å². The number of rotatable bonds is 6. The van der Waals surface area contributed by atoms with Crippen molar-refractivity contribution in [3.05, 3.63) is 29.6 Å². The Labute approximate surface area is 134 Å². The predicted molar refractivity (Wildman–Crippen MR) is 79.0 cm³/mol. The van der Waals surface area contributed by atoms with Crippen molar-refractivity contribution in [1.82, 2.24) is 4.31 Å². The van der Waals surface area contributed by atoms with Crippen LogP contribution in [0.25, 0.3) is 0 Å². The fourth-order valence-corrected chi connectivity index (χ4v) is 4.20. The molecule has 1 fully saturated rings. The van der Waals surface area contributed by atoms with Crippen molar-refractivity contribution in [3.63, 3.8) is 0 Å². The Kier molecular flexibility index (Phi) is 6.05. The highest BCUT2D eigenvalue weighted by Gasteiger charge is 2.31. The molecule has 1 unspecified atom stereocenters. The van der Waals surface area contributed by atoms with Crippen LogP contribution in [0.15, 0.2) is 17.0 Å². The zero-order chi connectivity index (χ0) is 17.0. The van der Waals surface area contributed by atoms with Gasteiger partial charge < -0.3 is 4.74 Å². The molecule has 1 saturated heterocycles. The van der Waals surface area contributed by atoms with Crippen LogP contribution in [-0.2, 0) is 14.8 Å². The fraction of sp³-hybridized carbons (Fsp3) is 0.600. The fourth-order valence-electron chi connectivity index (χ4n) is 2.58. The summed E-state index contributed by atoms with van der Waals surface area (Å²) in [6.45, 7) is 2.57. The number of halogens is 3. The van der Waals surface area contributed by atoms with E-state index in [4.69, 9.17) is 4.74 Å². The van der Waals surface area contributed by atoms with Gasteiger partial charge in [-0.15, -0.1) is 0 Å². The molecule has 8 heteroatoms. The van der Waals surface area contributed by atoms with Crippen LogP contribution in [0.2, 0.25) is 0 Å². The highest BCUT2D eigenvalue weighted by molar-refractivity contribution is 7.89. The van der Waals surface area contributed by atoms with Crippen LogP contribution in [0.3, 0.4) is 0 Å². The third-order valence-corrected chi connectivity index (χ3v) is 5.65. The summed E-state index contributed by atoms with van der Waals surface area (Å²) >= 11 is 0. The van der Waals surface area contributed by atoms with E-state index in [9.17, 15) is 21.6 Å². The summed E-state index contributed by atoms with van der Waals surface area (Å²) in [5, 5.41) is 0. The van der Waals surface area contributed by atoms with Crippen LogP contribution in [0, 0.1) is 17.5 Å². The van der Waals surface area contributed by atoms with Crippen molar-refractivity contribution in [2.45, 2.75) is 43.6 Å². The van der Waals surface area contributed by atoms with E-state index < -0.39 is 32.4 Å². The van der Waals surface area contributed by atoms with Crippen molar-refractivity contribution < 1.29 is 26.3 Å². The molecule has 4 nitrogen and oxygen atoms in total. The third kappa shape index (κ3) is 4.05. The second kappa shape index (κ2) is 7.63. The summed E-state index contributed by atoms with van der Waals surface area (Å²) in [7, 11) is -4.26. The van der Waals surface area contributed by atoms with Crippen molar-refractivity contribution in [1.29, 1.82) is 0 Å². The maximum absolute atomic E-state index is 13.9. The van der Waals surface area contributed by atoms with Gasteiger partial charge in [-0.05, 0) is 37.8 Å². The highest BCUT2D eigenvalue weighted by atomic mass is 32.2. The Morgan fingerprint density at radius 2 is 1.96 bits per heavy atom. The Balaban J connectivity index is 2.30. The lowest BCUT2D eigenvalue weighted by Crippen LogP contribution is -2.40. The molecule has 0 N–H and O–H groups in total. The number of sulfonamides is 1. The Morgan fingerprint density at radius 3 is 2.57 bits per heavy atom. The number of benzene rings is 1. The van der Waals surface area contributed by atoms with Gasteiger partial charge in [-0.25, -0.2) is 21.6 Å². The van der Waals surface area contributed by atoms with Crippen molar-refractivity contribution in [3.8, 4) is 0 Å². The molecule has 1 atom stereocenters. The normalized spacial score (nSPS) is 19.3. The molecule has 0 spiro atoms. The molecular weight excluding hydrogens is 331 g/mol. The minimum Gasteiger partial charge on any atom is -0.377 e. The topological polar surface area (TPSA) is 46.6 Å². The van der Waals surface area contributed by atoms with Crippen LogP contribution in [-0.4, -0.2) is 38.5 Å². The van der Waals surface area contributed by atoms with Crippen LogP contribution < -0.4 is 0 Å². The van der Waals surface area contributed by atoms with Crippen LogP contribution in [0.5, 0.6) is 0 Å². The molecule has 0 aromatic heterocycles. The van der Waals surface area contributed by atoms with Crippen LogP contribution in [0.1, 0.15) is 32.6 Å². The Hall–Kier alpha value is -1.12. The molecule has 130 valence electrons. The average molecular weight is 351 g/mol. The molecule has 2 rings (SSSR count). The van der Waals surface area contributed by atoms with E-state index in [-0.39, 0.29) is 19.2 Å². The lowest BCUT2D eigenvalue weighted by Gasteiger charge is -2.29. The lowest BCUT2D eigenvalue weighted by atomic mass is 10.1. The minimum atomic E-state index is -4.26. The first-order valence-electron chi connectivity index (χ1n) is 7.63. The zero-order valence-corrected chi connectivity index (χ0v) is 13.7. The molecular formula is C15H20F3NO3S. The van der Waals surface area contributed by atoms with Gasteiger partial charge in [0.05, 0.1) is 6.10 Å². The summed E-state index contributed by atoms with van der Waals surface area (Å²) in [6, 6.07) is 1.37. The maximum Gasteiger partial charge on any atom is 0.246 e. The standard InChI is InChI=1S/C15H20F3NO3S/c1-2-8-19(10-11-5-3-4-9-22-11)23(20,21)13-7-6-12(16)14(17)15(13)18/h6-7,11H,2-5,8-10H2,1H3. The average Bonchev–Trinajstić information content (AvgIpc) is 2.53. The maximum atomic E-state index is 13.9. The number of nitrogens with zero attached hydrogens (tertiary/aromatic N) is 1. The number of hydrogen-bond donors (Lipinski definition) is 0. The lowest BCUT2D eigenvalue weighted by molar-refractivity contribution is 0.00621. The van der Waals surface area contributed by atoms with Gasteiger partial charge in [0.1, 0.15) is 4.90 Å². The molecule has 1 heterocycles. The first-order valence-corrected chi connectivity index (χ1v) is 9.07. The van der Waals surface area contributed by atoms with E-state index in [1.54, 1.807) is 6.92 Å². The number of ether oxygens (including phenoxy) is 1. The van der Waals surface area contributed by atoms with E-state index in [2.05, 4.69) is 0 Å². The second-order valence-electron chi connectivity index (χ2n) is 5.53. The second-order valence-corrected chi connectivity index (χ2v) is 7.43. The molecule has 0 saturated carbocycles. The molecule has 0 amide bonds. The number of hydrogen-bond acceptors (Lipinski definition) is 3. The molecule has 0 aliphatic carbocycles. The van der Waals surface area contributed by atoms with E-state index in [1.807, 2.05) is 0 Å². The van der Waals surface area contributed by atoms with Gasteiger partial charge in [-0.3, -0.25) is 0 Å². The van der Waals surface area contributed by atoms with E-state index >= 15 is 0 Å². The quantitative estimate of drug-likeness (QED) is 0.740. The molecule has 23 heavy (non-hydrogen) atoms. The van der Waals surface area contributed by atoms with Gasteiger partial charge in [0.2, 0.25) is 10.0 Å². The van der Waals surface area contributed by atoms with Gasteiger partial charge in [-0.1, -0.05) is 6.92 Å². The van der Waals surface area contributed by atoms with Gasteiger partial charge in [0, 0.05) is 19.7 Å². The van der Waals surface area contributed by atoms with Gasteiger partial charge in [-0.2, -0.15) is 4.31 Å². The predicted octanol–water partition coefficient (Wildman–Crippen LogP) is 3.07. The molecule has 1 aliphatic heterocycles. The smallest absolute Gasteiger partial charge is 0.246 e. The summed E-state index contributed by atoms with van der Waals surface area (Å²) in [4.78, 5) is -0.847. The van der Waals surface area contributed by atoms with E-state index in [0.717, 1.165) is 29.6 Å². The van der Waals surface area contributed by atoms with Crippen molar-refractivity contribution in [2.75, 3.05) is 19.7 Å². The van der Waals surface area contributed by atoms with Crippen LogP contribution in [0.4, 0.5) is 13.2 Å². The van der Waals surface area contributed by atoms with Crippen molar-refractivity contribution in [2.24, 2.45) is 0 Å². The van der Waals surface area contributed by atoms with E-state index in [0.29, 0.717) is 19.1 Å². The summed E-state index contributed by atoms with van der Waals surface area (Å²) in [5.41, 5.74) is 0. The first-order chi connectivity index (χ1) is 10.9. The molecule has 1 aromatic rings. The first kappa shape index (κ1) is 18.2. The monoisotopic (exact) mass is 351 g/mol. The zero-order valence-electron chi connectivity index (χ0n) is 12.9. The highest BCUT2D eigenvalue weighted by Crippen LogP contribution is 2.25. The summed E-state index contributed by atoms with van der Waals surface area (Å²) in [6.07, 6.45) is 2.82. The molecule has 0 radical (unpaired) electrons. The summed E-state index contributed by atoms with van der Waals surface area (Å²) < 4.78 is 72.1. The Morgan fingerprint density at radius 1 is 1.22 bits per heavy atom. The van der Waals surface area contributed by atoms with Crippen LogP contribution >= 0.6 is 0 Å². The molecule has 1 aliphatic rings.